The van der Waals surface area contributed by atoms with Crippen molar-refractivity contribution in [3.05, 3.63) is 88.4 Å². The molecule has 0 aliphatic carbocycles. The molecule has 0 bridgehead atoms. The minimum Gasteiger partial charge on any atom is -0.483 e. The number of fused-ring (bicyclic) bond motifs is 1. The molecule has 7 nitrogen and oxygen atoms in total. The lowest BCUT2D eigenvalue weighted by Gasteiger charge is -2.23. The monoisotopic (exact) mass is 477 g/mol. The molecule has 0 spiro atoms. The third kappa shape index (κ3) is 5.38. The van der Waals surface area contributed by atoms with E-state index in [4.69, 9.17) is 22.1 Å². The van der Waals surface area contributed by atoms with Crippen LogP contribution in [0.15, 0.2) is 66.7 Å². The molecule has 0 fully saturated rings. The molecule has 4 rings (SSSR count). The van der Waals surface area contributed by atoms with Gasteiger partial charge in [-0.25, -0.2) is 0 Å². The number of rotatable bonds is 6. The van der Waals surface area contributed by atoms with Crippen molar-refractivity contribution in [2.75, 3.05) is 23.4 Å². The molecule has 3 amide bonds. The van der Waals surface area contributed by atoms with Crippen LogP contribution in [0.4, 0.5) is 11.4 Å². The molecule has 34 heavy (non-hydrogen) atoms. The molecular weight excluding hydrogens is 454 g/mol. The Bertz CT molecular complexity index is 1230. The van der Waals surface area contributed by atoms with Crippen molar-refractivity contribution >= 4 is 40.7 Å². The number of amides is 3. The summed E-state index contributed by atoms with van der Waals surface area (Å²) < 4.78 is 5.33. The molecule has 1 aliphatic rings. The van der Waals surface area contributed by atoms with E-state index in [0.717, 1.165) is 30.5 Å². The maximum atomic E-state index is 13.3. The lowest BCUT2D eigenvalue weighted by molar-refractivity contribution is -0.119. The number of carbonyl (C=O) groups excluding carboxylic acids is 3. The maximum Gasteiger partial charge on any atom is 0.259 e. The van der Waals surface area contributed by atoms with Gasteiger partial charge in [-0.1, -0.05) is 23.7 Å². The first kappa shape index (κ1) is 23.3. The summed E-state index contributed by atoms with van der Waals surface area (Å²) in [6.07, 6.45) is 2.78. The number of halogens is 1. The average Bonchev–Trinajstić information content (AvgIpc) is 3.05. The first-order valence-electron chi connectivity index (χ1n) is 10.9. The van der Waals surface area contributed by atoms with Crippen molar-refractivity contribution in [2.24, 2.45) is 5.73 Å². The Kier molecular flexibility index (Phi) is 7.13. The fourth-order valence-electron chi connectivity index (χ4n) is 3.91. The number of para-hydroxylation sites is 1. The summed E-state index contributed by atoms with van der Waals surface area (Å²) in [5.74, 6) is -0.887. The Balaban J connectivity index is 1.49. The van der Waals surface area contributed by atoms with Crippen molar-refractivity contribution in [3.63, 3.8) is 0 Å². The SMILES string of the molecule is NC(=O)COc1ccccc1C(=O)Nc1ccc(C(=O)N2CCCCc3cc(Cl)ccc32)cc1. The highest BCUT2D eigenvalue weighted by atomic mass is 35.5. The van der Waals surface area contributed by atoms with E-state index >= 15 is 0 Å². The zero-order chi connectivity index (χ0) is 24.1. The summed E-state index contributed by atoms with van der Waals surface area (Å²) >= 11 is 6.15. The fraction of sp³-hybridized carbons (Fsp3) is 0.192. The van der Waals surface area contributed by atoms with Crippen molar-refractivity contribution in [3.8, 4) is 5.75 Å². The summed E-state index contributed by atoms with van der Waals surface area (Å²) in [4.78, 5) is 38.8. The van der Waals surface area contributed by atoms with Gasteiger partial charge in [0.2, 0.25) is 0 Å². The van der Waals surface area contributed by atoms with Crippen molar-refractivity contribution in [1.29, 1.82) is 0 Å². The normalized spacial score (nSPS) is 12.9. The predicted octanol–water partition coefficient (Wildman–Crippen LogP) is 4.44. The van der Waals surface area contributed by atoms with Gasteiger partial charge in [0.1, 0.15) is 5.75 Å². The highest BCUT2D eigenvalue weighted by molar-refractivity contribution is 6.30. The van der Waals surface area contributed by atoms with Crippen LogP contribution in [0.1, 0.15) is 39.1 Å². The quantitative estimate of drug-likeness (QED) is 0.548. The van der Waals surface area contributed by atoms with E-state index in [9.17, 15) is 14.4 Å². The van der Waals surface area contributed by atoms with Gasteiger partial charge in [0.25, 0.3) is 17.7 Å². The number of anilines is 2. The summed E-state index contributed by atoms with van der Waals surface area (Å²) in [7, 11) is 0. The molecule has 3 aromatic carbocycles. The molecule has 0 saturated carbocycles. The number of hydrogen-bond acceptors (Lipinski definition) is 4. The van der Waals surface area contributed by atoms with Gasteiger partial charge < -0.3 is 20.7 Å². The number of aryl methyl sites for hydroxylation is 1. The number of carbonyl (C=O) groups is 3. The van der Waals surface area contributed by atoms with Crippen LogP contribution in [0.2, 0.25) is 5.02 Å². The van der Waals surface area contributed by atoms with Crippen LogP contribution in [0, 0.1) is 0 Å². The number of hydrogen-bond donors (Lipinski definition) is 2. The largest absolute Gasteiger partial charge is 0.483 e. The molecule has 1 aliphatic heterocycles. The van der Waals surface area contributed by atoms with Crippen LogP contribution in [0.25, 0.3) is 0 Å². The number of ether oxygens (including phenoxy) is 1. The molecular formula is C26H24ClN3O4. The Morgan fingerprint density at radius 3 is 2.53 bits per heavy atom. The molecule has 0 saturated heterocycles. The van der Waals surface area contributed by atoms with Crippen LogP contribution in [-0.2, 0) is 11.2 Å². The second-order valence-electron chi connectivity index (χ2n) is 7.97. The molecule has 3 aromatic rings. The van der Waals surface area contributed by atoms with Crippen LogP contribution in [-0.4, -0.2) is 30.9 Å². The van der Waals surface area contributed by atoms with Crippen LogP contribution >= 0.6 is 11.6 Å². The maximum absolute atomic E-state index is 13.3. The van der Waals surface area contributed by atoms with Gasteiger partial charge in [-0.15, -0.1) is 0 Å². The third-order valence-electron chi connectivity index (χ3n) is 5.55. The summed E-state index contributed by atoms with van der Waals surface area (Å²) in [5.41, 5.74) is 8.39. The van der Waals surface area contributed by atoms with E-state index in [2.05, 4.69) is 5.32 Å². The lowest BCUT2D eigenvalue weighted by Crippen LogP contribution is -2.31. The Morgan fingerprint density at radius 1 is 1.00 bits per heavy atom. The zero-order valence-corrected chi connectivity index (χ0v) is 19.2. The van der Waals surface area contributed by atoms with Gasteiger partial charge in [-0.3, -0.25) is 14.4 Å². The van der Waals surface area contributed by atoms with Crippen LogP contribution in [0.5, 0.6) is 5.75 Å². The third-order valence-corrected chi connectivity index (χ3v) is 5.78. The molecule has 174 valence electrons. The van der Waals surface area contributed by atoms with Crippen molar-refractivity contribution in [1.82, 2.24) is 0 Å². The number of nitrogens with two attached hydrogens (primary N) is 1. The van der Waals surface area contributed by atoms with Gasteiger partial charge >= 0.3 is 0 Å². The van der Waals surface area contributed by atoms with E-state index in [1.807, 2.05) is 12.1 Å². The molecule has 8 heteroatoms. The Morgan fingerprint density at radius 2 is 1.76 bits per heavy atom. The van der Waals surface area contributed by atoms with Gasteiger partial charge in [0, 0.05) is 28.5 Å². The number of nitrogens with zero attached hydrogens (tertiary/aromatic N) is 1. The lowest BCUT2D eigenvalue weighted by atomic mass is 10.1. The predicted molar refractivity (Wildman–Crippen MR) is 132 cm³/mol. The highest BCUT2D eigenvalue weighted by Crippen LogP contribution is 2.30. The van der Waals surface area contributed by atoms with Gasteiger partial charge in [-0.05, 0) is 79.4 Å². The topological polar surface area (TPSA) is 102 Å². The molecule has 0 radical (unpaired) electrons. The molecule has 0 aromatic heterocycles. The second-order valence-corrected chi connectivity index (χ2v) is 8.41. The Labute approximate surface area is 202 Å². The van der Waals surface area contributed by atoms with E-state index in [1.165, 1.54) is 0 Å². The molecule has 0 atom stereocenters. The standard InChI is InChI=1S/C26H24ClN3O4/c27-19-10-13-22-18(15-19)5-3-4-14-30(22)26(33)17-8-11-20(12-9-17)29-25(32)21-6-1-2-7-23(21)34-16-24(28)31/h1-2,6-13,15H,3-5,14,16H2,(H2,28,31)(H,29,32). The van der Waals surface area contributed by atoms with E-state index < -0.39 is 11.8 Å². The molecule has 0 unspecified atom stereocenters. The first-order valence-corrected chi connectivity index (χ1v) is 11.3. The smallest absolute Gasteiger partial charge is 0.259 e. The van der Waals surface area contributed by atoms with Crippen LogP contribution in [0.3, 0.4) is 0 Å². The van der Waals surface area contributed by atoms with Crippen LogP contribution < -0.4 is 20.7 Å². The van der Waals surface area contributed by atoms with Gasteiger partial charge in [-0.2, -0.15) is 0 Å². The zero-order valence-electron chi connectivity index (χ0n) is 18.4. The van der Waals surface area contributed by atoms with E-state index in [-0.39, 0.29) is 23.8 Å². The number of nitrogens with one attached hydrogen (secondary N) is 1. The molecule has 3 N–H and O–H groups in total. The Hall–Kier alpha value is -3.84. The minimum atomic E-state index is -0.634. The van der Waals surface area contributed by atoms with E-state index in [0.29, 0.717) is 22.8 Å². The second kappa shape index (κ2) is 10.4. The first-order chi connectivity index (χ1) is 16.4. The molecule has 1 heterocycles. The minimum absolute atomic E-state index is 0.103. The summed E-state index contributed by atoms with van der Waals surface area (Å²) in [5, 5.41) is 3.45. The summed E-state index contributed by atoms with van der Waals surface area (Å²) in [6, 6.07) is 18.9. The van der Waals surface area contributed by atoms with Crippen molar-refractivity contribution < 1.29 is 19.1 Å². The summed E-state index contributed by atoms with van der Waals surface area (Å²) in [6.45, 7) is 0.307. The van der Waals surface area contributed by atoms with Gasteiger partial charge in [0.05, 0.1) is 5.56 Å². The average molecular weight is 478 g/mol. The van der Waals surface area contributed by atoms with Crippen molar-refractivity contribution in [2.45, 2.75) is 19.3 Å². The van der Waals surface area contributed by atoms with Gasteiger partial charge in [0.15, 0.2) is 6.61 Å². The number of primary amides is 1. The number of benzene rings is 3. The fourth-order valence-corrected chi connectivity index (χ4v) is 4.11. The van der Waals surface area contributed by atoms with E-state index in [1.54, 1.807) is 59.5 Å². The highest BCUT2D eigenvalue weighted by Gasteiger charge is 2.23.